The highest BCUT2D eigenvalue weighted by atomic mass is 16.5. The fourth-order valence-corrected chi connectivity index (χ4v) is 6.77. The van der Waals surface area contributed by atoms with E-state index in [0.29, 0.717) is 24.4 Å². The quantitative estimate of drug-likeness (QED) is 0.191. The first-order valence-corrected chi connectivity index (χ1v) is 17.2. The molecule has 13 heteroatoms. The van der Waals surface area contributed by atoms with Gasteiger partial charge in [-0.25, -0.2) is 9.48 Å². The molecule has 1 fully saturated rings. The van der Waals surface area contributed by atoms with E-state index < -0.39 is 0 Å². The van der Waals surface area contributed by atoms with E-state index >= 15 is 0 Å². The maximum Gasteiger partial charge on any atom is 0.320 e. The molecule has 1 saturated heterocycles. The minimum absolute atomic E-state index is 0.127. The molecule has 0 bridgehead atoms. The summed E-state index contributed by atoms with van der Waals surface area (Å²) < 4.78 is 10.6. The van der Waals surface area contributed by atoms with Crippen molar-refractivity contribution in [3.63, 3.8) is 0 Å². The highest BCUT2D eigenvalue weighted by molar-refractivity contribution is 5.88. The van der Waals surface area contributed by atoms with Crippen LogP contribution in [0.3, 0.4) is 0 Å². The first-order valence-electron chi connectivity index (χ1n) is 17.2. The van der Waals surface area contributed by atoms with Gasteiger partial charge in [0.05, 0.1) is 24.5 Å². The summed E-state index contributed by atoms with van der Waals surface area (Å²) in [6.07, 6.45) is 6.95. The summed E-state index contributed by atoms with van der Waals surface area (Å²) in [5.41, 5.74) is 3.80. The number of fused-ring (bicyclic) bond motifs is 2. The van der Waals surface area contributed by atoms with Crippen LogP contribution < -0.4 is 20.3 Å². The number of carboxylic acid groups (broad SMARTS) is 1. The van der Waals surface area contributed by atoms with Crippen LogP contribution in [0, 0.1) is 0 Å². The third kappa shape index (κ3) is 8.33. The molecule has 1 aromatic carbocycles. The number of aromatic nitrogens is 5. The Morgan fingerprint density at radius 1 is 1.04 bits per heavy atom. The van der Waals surface area contributed by atoms with E-state index in [4.69, 9.17) is 19.7 Å². The van der Waals surface area contributed by atoms with Crippen molar-refractivity contribution >= 4 is 29.9 Å². The molecule has 4 aromatic rings. The third-order valence-corrected chi connectivity index (χ3v) is 9.35. The highest BCUT2D eigenvalue weighted by Crippen LogP contribution is 2.39. The molecule has 1 aliphatic heterocycles. The van der Waals surface area contributed by atoms with Gasteiger partial charge in [0.1, 0.15) is 17.7 Å². The topological polar surface area (TPSA) is 142 Å². The number of carbonyl (C=O) groups is 2. The van der Waals surface area contributed by atoms with E-state index in [9.17, 15) is 4.79 Å². The molecule has 0 saturated carbocycles. The first-order chi connectivity index (χ1) is 23.4. The Balaban J connectivity index is 0.00000151. The number of likely N-dealkylation sites (N-methyl/N-ethyl adjacent to an activating group) is 1. The number of nitrogens with one attached hydrogen (secondary N) is 2. The van der Waals surface area contributed by atoms with E-state index in [1.165, 1.54) is 6.42 Å². The van der Waals surface area contributed by atoms with E-state index in [1.54, 1.807) is 0 Å². The molecule has 0 spiro atoms. The number of nitrogens with zero attached hydrogens (tertiary/aromatic N) is 7. The van der Waals surface area contributed by atoms with Crippen LogP contribution in [0.5, 0.6) is 5.75 Å². The SMILES string of the molecule is CC1CCCC(C)N1c1nnc2ccc(OC3CCC(NC(=O)Nc4cc(C(C)(C)C)nn4CCN(C)C)c4ccccc43)cn12.O=CO. The number of hydrogen-bond acceptors (Lipinski definition) is 8. The second-order valence-electron chi connectivity index (χ2n) is 14.4. The Morgan fingerprint density at radius 2 is 1.73 bits per heavy atom. The van der Waals surface area contributed by atoms with Gasteiger partial charge in [-0.2, -0.15) is 5.10 Å². The van der Waals surface area contributed by atoms with Crippen LogP contribution in [0.25, 0.3) is 5.65 Å². The standard InChI is InChI=1S/C35H49N9O2.CH2O2/c1-23-11-10-12-24(2)44(23)34-39-38-31-18-15-25(22-42(31)34)46-29-17-16-28(26-13-8-9-14-27(26)29)36-33(45)37-32-21-30(35(3,4)5)40-43(32)20-19-41(6)7;2-1-3/h8-9,13-15,18,21-24,28-29H,10-12,16-17,19-20H2,1-7H3,(H2,36,37,45);1H,(H,2,3). The predicted molar refractivity (Wildman–Crippen MR) is 190 cm³/mol. The maximum absolute atomic E-state index is 13.4. The fourth-order valence-electron chi connectivity index (χ4n) is 6.77. The van der Waals surface area contributed by atoms with Crippen LogP contribution >= 0.6 is 0 Å². The average molecular weight is 674 g/mol. The normalized spacial score (nSPS) is 20.7. The second-order valence-corrected chi connectivity index (χ2v) is 14.4. The maximum atomic E-state index is 13.4. The van der Waals surface area contributed by atoms with Crippen molar-refractivity contribution in [2.75, 3.05) is 30.9 Å². The zero-order chi connectivity index (χ0) is 35.3. The van der Waals surface area contributed by atoms with Gasteiger partial charge in [0.25, 0.3) is 6.47 Å². The van der Waals surface area contributed by atoms with Crippen molar-refractivity contribution in [3.8, 4) is 5.75 Å². The molecule has 2 aliphatic rings. The molecular weight excluding hydrogens is 622 g/mol. The van der Waals surface area contributed by atoms with Crippen molar-refractivity contribution in [1.82, 2.24) is 34.6 Å². The van der Waals surface area contributed by atoms with E-state index in [-0.39, 0.29) is 30.1 Å². The average Bonchev–Trinajstić information content (AvgIpc) is 3.65. The molecule has 1 aliphatic carbocycles. The van der Waals surface area contributed by atoms with Gasteiger partial charge in [-0.3, -0.25) is 14.5 Å². The van der Waals surface area contributed by atoms with E-state index in [0.717, 1.165) is 66.4 Å². The number of pyridine rings is 1. The Kier molecular flexibility index (Phi) is 11.1. The summed E-state index contributed by atoms with van der Waals surface area (Å²) in [5, 5.41) is 27.1. The van der Waals surface area contributed by atoms with Gasteiger partial charge in [-0.1, -0.05) is 45.0 Å². The summed E-state index contributed by atoms with van der Waals surface area (Å²) >= 11 is 0. The number of rotatable bonds is 8. The Hall–Kier alpha value is -4.65. The molecular formula is C36H51N9O4. The summed E-state index contributed by atoms with van der Waals surface area (Å²) in [5.74, 6) is 2.35. The van der Waals surface area contributed by atoms with Gasteiger partial charge >= 0.3 is 6.03 Å². The van der Waals surface area contributed by atoms with Gasteiger partial charge < -0.3 is 25.0 Å². The molecule has 4 heterocycles. The molecule has 49 heavy (non-hydrogen) atoms. The molecule has 2 amide bonds. The Labute approximate surface area is 288 Å². The van der Waals surface area contributed by atoms with Gasteiger partial charge in [0, 0.05) is 30.1 Å². The van der Waals surface area contributed by atoms with E-state index in [1.807, 2.05) is 55.3 Å². The lowest BCUT2D eigenvalue weighted by atomic mass is 9.85. The van der Waals surface area contributed by atoms with Crippen LogP contribution in [0.2, 0.25) is 0 Å². The molecule has 0 radical (unpaired) electrons. The molecule has 264 valence electrons. The van der Waals surface area contributed by atoms with Crippen molar-refractivity contribution < 1.29 is 19.4 Å². The number of urea groups is 1. The van der Waals surface area contributed by atoms with E-state index in [2.05, 4.69) is 81.8 Å². The van der Waals surface area contributed by atoms with Gasteiger partial charge in [-0.15, -0.1) is 10.2 Å². The van der Waals surface area contributed by atoms with Crippen molar-refractivity contribution in [1.29, 1.82) is 0 Å². The van der Waals surface area contributed by atoms with Crippen molar-refractivity contribution in [3.05, 3.63) is 65.5 Å². The summed E-state index contributed by atoms with van der Waals surface area (Å²) in [6.45, 7) is 12.2. The van der Waals surface area contributed by atoms with Crippen LogP contribution in [0.15, 0.2) is 48.7 Å². The van der Waals surface area contributed by atoms with Crippen LogP contribution in [-0.2, 0) is 16.8 Å². The zero-order valence-electron chi connectivity index (χ0n) is 29.8. The van der Waals surface area contributed by atoms with Gasteiger partial charge in [0.15, 0.2) is 5.65 Å². The molecule has 4 atom stereocenters. The lowest BCUT2D eigenvalue weighted by molar-refractivity contribution is -0.122. The number of carbonyl (C=O) groups excluding carboxylic acids is 1. The van der Waals surface area contributed by atoms with Gasteiger partial charge in [-0.05, 0) is 83.3 Å². The van der Waals surface area contributed by atoms with Gasteiger partial charge in [0.2, 0.25) is 5.95 Å². The summed E-state index contributed by atoms with van der Waals surface area (Å²) in [7, 11) is 4.07. The molecule has 3 N–H and O–H groups in total. The summed E-state index contributed by atoms with van der Waals surface area (Å²) in [6, 6.07) is 14.6. The zero-order valence-corrected chi connectivity index (χ0v) is 29.8. The second kappa shape index (κ2) is 15.3. The molecule has 3 aromatic heterocycles. The minimum atomic E-state index is -0.250. The van der Waals surface area contributed by atoms with Crippen molar-refractivity contribution in [2.24, 2.45) is 0 Å². The number of ether oxygens (including phenoxy) is 1. The lowest BCUT2D eigenvalue weighted by Crippen LogP contribution is -2.44. The number of hydrogen-bond donors (Lipinski definition) is 3. The molecule has 4 unspecified atom stereocenters. The van der Waals surface area contributed by atoms with Crippen LogP contribution in [-0.4, -0.2) is 79.6 Å². The Bertz CT molecular complexity index is 1720. The van der Waals surface area contributed by atoms with Crippen LogP contribution in [0.4, 0.5) is 16.6 Å². The fraction of sp³-hybridized carbons (Fsp3) is 0.528. The highest BCUT2D eigenvalue weighted by Gasteiger charge is 2.31. The molecule has 6 rings (SSSR count). The summed E-state index contributed by atoms with van der Waals surface area (Å²) in [4.78, 5) is 26.3. The number of benzene rings is 1. The first kappa shape index (κ1) is 35.7. The number of piperidine rings is 1. The minimum Gasteiger partial charge on any atom is -0.484 e. The molecule has 13 nitrogen and oxygen atoms in total. The number of anilines is 2. The Morgan fingerprint density at radius 3 is 2.41 bits per heavy atom. The smallest absolute Gasteiger partial charge is 0.320 e. The number of amides is 2. The third-order valence-electron chi connectivity index (χ3n) is 9.35. The van der Waals surface area contributed by atoms with Crippen LogP contribution in [0.1, 0.15) is 95.7 Å². The predicted octanol–water partition coefficient (Wildman–Crippen LogP) is 6.03. The largest absolute Gasteiger partial charge is 0.484 e. The monoisotopic (exact) mass is 673 g/mol. The van der Waals surface area contributed by atoms with Crippen molar-refractivity contribution in [2.45, 2.75) is 103 Å². The lowest BCUT2D eigenvalue weighted by Gasteiger charge is -2.39.